The van der Waals surface area contributed by atoms with Crippen LogP contribution in [-0.4, -0.2) is 50.2 Å². The summed E-state index contributed by atoms with van der Waals surface area (Å²) < 4.78 is 5.34. The summed E-state index contributed by atoms with van der Waals surface area (Å²) >= 11 is 6.33. The maximum atomic E-state index is 13.1. The molecule has 7 heteroatoms. The van der Waals surface area contributed by atoms with Crippen LogP contribution >= 0.6 is 11.6 Å². The summed E-state index contributed by atoms with van der Waals surface area (Å²) in [6.07, 6.45) is 1.05. The van der Waals surface area contributed by atoms with Gasteiger partial charge in [0.15, 0.2) is 0 Å². The normalized spacial score (nSPS) is 14.1. The minimum Gasteiger partial charge on any atom is -0.374 e. The van der Waals surface area contributed by atoms with Gasteiger partial charge in [-0.3, -0.25) is 4.79 Å². The lowest BCUT2D eigenvalue weighted by Crippen LogP contribution is -2.35. The van der Waals surface area contributed by atoms with E-state index < -0.39 is 0 Å². The molecule has 1 atom stereocenters. The van der Waals surface area contributed by atoms with E-state index in [0.717, 1.165) is 13.0 Å². The Bertz CT molecular complexity index is 1110. The number of aromatic nitrogens is 1. The molecule has 6 nitrogen and oxygen atoms in total. The number of hydrogen-bond acceptors (Lipinski definition) is 5. The fraction of sp³-hybridized carbons (Fsp3) is 0.333. The lowest BCUT2D eigenvalue weighted by atomic mass is 10.0. The van der Waals surface area contributed by atoms with Crippen LogP contribution in [0.4, 0.5) is 5.69 Å². The van der Waals surface area contributed by atoms with Gasteiger partial charge in [0.2, 0.25) is 0 Å². The van der Waals surface area contributed by atoms with E-state index in [9.17, 15) is 4.79 Å². The number of aryl methyl sites for hydroxylation is 1. The highest BCUT2D eigenvalue weighted by molar-refractivity contribution is 6.33. The Balaban J connectivity index is 1.55. The Labute approximate surface area is 187 Å². The average Bonchev–Trinajstić information content (AvgIpc) is 3.30. The highest BCUT2D eigenvalue weighted by Crippen LogP contribution is 2.32. The van der Waals surface area contributed by atoms with E-state index in [1.165, 1.54) is 16.8 Å². The van der Waals surface area contributed by atoms with Crippen molar-refractivity contribution in [1.29, 1.82) is 0 Å². The van der Waals surface area contributed by atoms with E-state index >= 15 is 0 Å². The molecule has 0 spiro atoms. The second kappa shape index (κ2) is 8.73. The van der Waals surface area contributed by atoms with E-state index in [1.54, 1.807) is 13.0 Å². The van der Waals surface area contributed by atoms with Crippen molar-refractivity contribution in [1.82, 2.24) is 15.4 Å². The molecule has 0 fully saturated rings. The Morgan fingerprint density at radius 3 is 2.81 bits per heavy atom. The molecule has 1 aromatic heterocycles. The monoisotopic (exact) mass is 438 g/mol. The fourth-order valence-electron chi connectivity index (χ4n) is 4.15. The van der Waals surface area contributed by atoms with E-state index in [-0.39, 0.29) is 11.9 Å². The predicted molar refractivity (Wildman–Crippen MR) is 124 cm³/mol. The van der Waals surface area contributed by atoms with Gasteiger partial charge >= 0.3 is 0 Å². The number of carbonyl (C=O) groups is 1. The van der Waals surface area contributed by atoms with Gasteiger partial charge in [0.25, 0.3) is 5.91 Å². The second-order valence-corrected chi connectivity index (χ2v) is 8.60. The zero-order chi connectivity index (χ0) is 22.1. The van der Waals surface area contributed by atoms with Crippen LogP contribution in [0.15, 0.2) is 47.0 Å². The lowest BCUT2D eigenvalue weighted by Gasteiger charge is -2.26. The Kier molecular flexibility index (Phi) is 6.03. The van der Waals surface area contributed by atoms with Gasteiger partial charge in [0, 0.05) is 31.4 Å². The van der Waals surface area contributed by atoms with Crippen molar-refractivity contribution < 1.29 is 9.32 Å². The molecule has 0 saturated carbocycles. The van der Waals surface area contributed by atoms with Crippen LogP contribution in [0.3, 0.4) is 0 Å². The van der Waals surface area contributed by atoms with E-state index in [4.69, 9.17) is 16.1 Å². The molecule has 1 aliphatic heterocycles. The Morgan fingerprint density at radius 1 is 1.29 bits per heavy atom. The third-order valence-corrected chi connectivity index (χ3v) is 6.24. The summed E-state index contributed by atoms with van der Waals surface area (Å²) in [5, 5.41) is 7.70. The predicted octanol–water partition coefficient (Wildman–Crippen LogP) is 4.33. The van der Waals surface area contributed by atoms with Crippen LogP contribution in [0.5, 0.6) is 0 Å². The van der Waals surface area contributed by atoms with Gasteiger partial charge in [-0.15, -0.1) is 0 Å². The molecule has 0 unspecified atom stereocenters. The van der Waals surface area contributed by atoms with Crippen LogP contribution in [0.25, 0.3) is 11.3 Å². The SMILES string of the molecule is Cc1onc(-c2ccccc2Cl)c1C(=O)NC[C@H](c1ccc2c(c1)CCN2C)N(C)C. The van der Waals surface area contributed by atoms with Crippen LogP contribution in [-0.2, 0) is 6.42 Å². The van der Waals surface area contributed by atoms with Gasteiger partial charge in [-0.2, -0.15) is 0 Å². The molecule has 3 aromatic rings. The largest absolute Gasteiger partial charge is 0.374 e. The molecule has 31 heavy (non-hydrogen) atoms. The number of nitrogens with zero attached hydrogens (tertiary/aromatic N) is 3. The van der Waals surface area contributed by atoms with Crippen LogP contribution < -0.4 is 10.2 Å². The third kappa shape index (κ3) is 4.18. The summed E-state index contributed by atoms with van der Waals surface area (Å²) in [5.41, 5.74) is 5.39. The summed E-state index contributed by atoms with van der Waals surface area (Å²) in [7, 11) is 6.17. The molecule has 1 N–H and O–H groups in total. The number of amides is 1. The number of hydrogen-bond donors (Lipinski definition) is 1. The molecule has 2 aromatic carbocycles. The summed E-state index contributed by atoms with van der Waals surface area (Å²) in [5.74, 6) is 0.246. The quantitative estimate of drug-likeness (QED) is 0.620. The van der Waals surface area contributed by atoms with Crippen molar-refractivity contribution in [3.63, 3.8) is 0 Å². The molecule has 0 aliphatic carbocycles. The molecule has 0 bridgehead atoms. The zero-order valence-corrected chi connectivity index (χ0v) is 19.0. The van der Waals surface area contributed by atoms with Crippen LogP contribution in [0.1, 0.15) is 33.3 Å². The van der Waals surface area contributed by atoms with Crippen molar-refractivity contribution in [2.24, 2.45) is 0 Å². The van der Waals surface area contributed by atoms with Gasteiger partial charge in [-0.25, -0.2) is 0 Å². The number of carbonyl (C=O) groups excluding carboxylic acids is 1. The van der Waals surface area contributed by atoms with Crippen molar-refractivity contribution >= 4 is 23.2 Å². The first kappa shape index (κ1) is 21.4. The Hall–Kier alpha value is -2.83. The number of anilines is 1. The van der Waals surface area contributed by atoms with Gasteiger partial charge < -0.3 is 19.6 Å². The second-order valence-electron chi connectivity index (χ2n) is 8.19. The van der Waals surface area contributed by atoms with Gasteiger partial charge in [-0.1, -0.05) is 47.1 Å². The summed E-state index contributed by atoms with van der Waals surface area (Å²) in [6, 6.07) is 13.9. The van der Waals surface area contributed by atoms with Crippen molar-refractivity contribution in [2.45, 2.75) is 19.4 Å². The molecular formula is C24H27ClN4O2. The minimum atomic E-state index is -0.221. The number of halogens is 1. The first-order valence-corrected chi connectivity index (χ1v) is 10.7. The number of rotatable bonds is 6. The average molecular weight is 439 g/mol. The molecule has 1 amide bonds. The molecule has 4 rings (SSSR count). The van der Waals surface area contributed by atoms with Gasteiger partial charge in [0.1, 0.15) is 17.0 Å². The highest BCUT2D eigenvalue weighted by atomic mass is 35.5. The number of benzene rings is 2. The van der Waals surface area contributed by atoms with Crippen molar-refractivity contribution in [3.8, 4) is 11.3 Å². The molecule has 1 aliphatic rings. The van der Waals surface area contributed by atoms with E-state index in [1.807, 2.05) is 32.3 Å². The summed E-state index contributed by atoms with van der Waals surface area (Å²) in [6.45, 7) is 3.25. The summed E-state index contributed by atoms with van der Waals surface area (Å²) in [4.78, 5) is 17.5. The zero-order valence-electron chi connectivity index (χ0n) is 18.3. The van der Waals surface area contributed by atoms with Gasteiger partial charge in [-0.05, 0) is 50.7 Å². The standard InChI is InChI=1S/C24H27ClN4O2/c1-15-22(23(27-31-15)18-7-5-6-8-19(18)25)24(30)26-14-21(28(2)3)16-9-10-20-17(13-16)11-12-29(20)4/h5-10,13,21H,11-12,14H2,1-4H3,(H,26,30)/t21-/m1/s1. The molecule has 0 saturated heterocycles. The first-order chi connectivity index (χ1) is 14.9. The topological polar surface area (TPSA) is 61.6 Å². The Morgan fingerprint density at radius 2 is 2.06 bits per heavy atom. The first-order valence-electron chi connectivity index (χ1n) is 10.4. The smallest absolute Gasteiger partial charge is 0.257 e. The maximum Gasteiger partial charge on any atom is 0.257 e. The number of fused-ring (bicyclic) bond motifs is 1. The third-order valence-electron chi connectivity index (χ3n) is 5.91. The number of likely N-dealkylation sites (N-methyl/N-ethyl adjacent to an activating group) is 2. The molecule has 162 valence electrons. The van der Waals surface area contributed by atoms with E-state index in [0.29, 0.717) is 34.1 Å². The minimum absolute atomic E-state index is 0.0454. The van der Waals surface area contributed by atoms with Gasteiger partial charge in [0.05, 0.1) is 11.1 Å². The highest BCUT2D eigenvalue weighted by Gasteiger charge is 2.25. The molecule has 2 heterocycles. The fourth-order valence-corrected chi connectivity index (χ4v) is 4.37. The van der Waals surface area contributed by atoms with Crippen LogP contribution in [0, 0.1) is 6.92 Å². The van der Waals surface area contributed by atoms with Crippen molar-refractivity contribution in [2.75, 3.05) is 39.1 Å². The number of nitrogens with one attached hydrogen (secondary N) is 1. The lowest BCUT2D eigenvalue weighted by molar-refractivity contribution is 0.0941. The van der Waals surface area contributed by atoms with Crippen molar-refractivity contribution in [3.05, 3.63) is 69.9 Å². The van der Waals surface area contributed by atoms with E-state index in [2.05, 4.69) is 45.5 Å². The molecule has 0 radical (unpaired) electrons. The molecular weight excluding hydrogens is 412 g/mol. The maximum absolute atomic E-state index is 13.1. The van der Waals surface area contributed by atoms with Crippen LogP contribution in [0.2, 0.25) is 5.02 Å².